The highest BCUT2D eigenvalue weighted by atomic mass is 127. The highest BCUT2D eigenvalue weighted by Crippen LogP contribution is 2.35. The molecular formula is C7H2F3IN2O5. The molecule has 0 aliphatic carbocycles. The first-order valence-electron chi connectivity index (χ1n) is 3.95. The van der Waals surface area contributed by atoms with Gasteiger partial charge in [0.2, 0.25) is 0 Å². The Morgan fingerprint density at radius 1 is 1.56 bits per heavy atom. The van der Waals surface area contributed by atoms with E-state index in [4.69, 9.17) is 5.11 Å². The lowest BCUT2D eigenvalue weighted by Gasteiger charge is -2.11. The average Bonchev–Trinajstić information content (AvgIpc) is 2.17. The van der Waals surface area contributed by atoms with Gasteiger partial charge in [0.15, 0.2) is 15.5 Å². The molecule has 98 valence electrons. The SMILES string of the molecule is O=C(O)c1cnc([N+](=O)[O-])c(I)c1OC(F)(F)F. The van der Waals surface area contributed by atoms with Gasteiger partial charge in [-0.15, -0.1) is 13.2 Å². The van der Waals surface area contributed by atoms with Crippen molar-refractivity contribution in [2.45, 2.75) is 6.36 Å². The fraction of sp³-hybridized carbons (Fsp3) is 0.143. The molecule has 0 unspecified atom stereocenters. The number of nitro groups is 1. The lowest BCUT2D eigenvalue weighted by Crippen LogP contribution is -2.20. The molecule has 1 aromatic heterocycles. The van der Waals surface area contributed by atoms with E-state index in [1.165, 1.54) is 0 Å². The average molecular weight is 378 g/mol. The molecule has 0 fully saturated rings. The maximum atomic E-state index is 12.1. The van der Waals surface area contributed by atoms with E-state index in [1.807, 2.05) is 0 Å². The fourth-order valence-electron chi connectivity index (χ4n) is 0.956. The van der Waals surface area contributed by atoms with Crippen LogP contribution in [0, 0.1) is 13.7 Å². The van der Waals surface area contributed by atoms with Gasteiger partial charge in [-0.05, 0) is 32.5 Å². The third-order valence-corrected chi connectivity index (χ3v) is 2.55. The zero-order valence-corrected chi connectivity index (χ0v) is 10.2. The summed E-state index contributed by atoms with van der Waals surface area (Å²) in [6, 6.07) is 0. The molecule has 0 amide bonds. The number of aromatic carboxylic acids is 1. The van der Waals surface area contributed by atoms with Crippen LogP contribution in [0.15, 0.2) is 6.20 Å². The van der Waals surface area contributed by atoms with Gasteiger partial charge in [0.1, 0.15) is 5.56 Å². The standard InChI is InChI=1S/C7H2F3IN2O5/c8-7(9,10)18-4-2(6(14)15)1-12-5(3(4)11)13(16)17/h1H,(H,14,15). The molecule has 0 spiro atoms. The zero-order valence-electron chi connectivity index (χ0n) is 8.06. The van der Waals surface area contributed by atoms with Crippen LogP contribution in [0.5, 0.6) is 5.75 Å². The minimum Gasteiger partial charge on any atom is -0.477 e. The van der Waals surface area contributed by atoms with Crippen molar-refractivity contribution < 1.29 is 32.7 Å². The molecule has 0 saturated heterocycles. The molecule has 1 heterocycles. The van der Waals surface area contributed by atoms with Crippen molar-refractivity contribution in [2.24, 2.45) is 0 Å². The Morgan fingerprint density at radius 2 is 2.11 bits per heavy atom. The maximum absolute atomic E-state index is 12.1. The number of nitrogens with zero attached hydrogens (tertiary/aromatic N) is 2. The largest absolute Gasteiger partial charge is 0.573 e. The Kier molecular flexibility index (Phi) is 3.93. The number of carboxylic acids is 1. The number of hydrogen-bond acceptors (Lipinski definition) is 5. The van der Waals surface area contributed by atoms with Gasteiger partial charge in [-0.1, -0.05) is 0 Å². The van der Waals surface area contributed by atoms with Crippen LogP contribution in [-0.2, 0) is 0 Å². The minimum atomic E-state index is -5.17. The summed E-state index contributed by atoms with van der Waals surface area (Å²) in [6.07, 6.45) is -4.73. The quantitative estimate of drug-likeness (QED) is 0.492. The molecule has 1 rings (SSSR count). The third-order valence-electron chi connectivity index (χ3n) is 1.58. The van der Waals surface area contributed by atoms with E-state index in [9.17, 15) is 28.1 Å². The van der Waals surface area contributed by atoms with Crippen molar-refractivity contribution in [3.05, 3.63) is 25.4 Å². The van der Waals surface area contributed by atoms with E-state index in [0.717, 1.165) is 22.6 Å². The Bertz CT molecular complexity index is 519. The van der Waals surface area contributed by atoms with Crippen LogP contribution in [0.1, 0.15) is 10.4 Å². The number of carbonyl (C=O) groups is 1. The summed E-state index contributed by atoms with van der Waals surface area (Å²) >= 11 is 1.16. The van der Waals surface area contributed by atoms with Gasteiger partial charge in [-0.2, -0.15) is 0 Å². The van der Waals surface area contributed by atoms with E-state index in [1.54, 1.807) is 0 Å². The van der Waals surface area contributed by atoms with E-state index in [0.29, 0.717) is 6.20 Å². The van der Waals surface area contributed by atoms with Gasteiger partial charge in [-0.25, -0.2) is 4.79 Å². The number of rotatable bonds is 3. The topological polar surface area (TPSA) is 103 Å². The van der Waals surface area contributed by atoms with Gasteiger partial charge < -0.3 is 20.0 Å². The fourth-order valence-corrected chi connectivity index (χ4v) is 1.69. The van der Waals surface area contributed by atoms with Crippen LogP contribution in [-0.4, -0.2) is 27.3 Å². The molecule has 0 bridgehead atoms. The van der Waals surface area contributed by atoms with Crippen molar-refractivity contribution in [3.8, 4) is 5.75 Å². The Hall–Kier alpha value is -1.66. The second-order valence-electron chi connectivity index (χ2n) is 2.75. The number of carboxylic acid groups (broad SMARTS) is 1. The molecule has 0 saturated carbocycles. The van der Waals surface area contributed by atoms with E-state index in [-0.39, 0.29) is 0 Å². The number of pyridine rings is 1. The first-order valence-corrected chi connectivity index (χ1v) is 5.03. The van der Waals surface area contributed by atoms with Crippen molar-refractivity contribution in [1.82, 2.24) is 4.98 Å². The molecule has 11 heteroatoms. The Morgan fingerprint density at radius 3 is 2.50 bits per heavy atom. The summed E-state index contributed by atoms with van der Waals surface area (Å²) in [5.41, 5.74) is -0.915. The second kappa shape index (κ2) is 4.91. The van der Waals surface area contributed by atoms with Crippen LogP contribution in [0.3, 0.4) is 0 Å². The number of halogens is 4. The predicted molar refractivity (Wildman–Crippen MR) is 57.3 cm³/mol. The van der Waals surface area contributed by atoms with Crippen molar-refractivity contribution >= 4 is 34.4 Å². The van der Waals surface area contributed by atoms with Gasteiger partial charge in [0.25, 0.3) is 0 Å². The van der Waals surface area contributed by atoms with Gasteiger partial charge >= 0.3 is 18.1 Å². The van der Waals surface area contributed by atoms with Crippen molar-refractivity contribution in [3.63, 3.8) is 0 Å². The van der Waals surface area contributed by atoms with Gasteiger partial charge in [0.05, 0.1) is 0 Å². The lowest BCUT2D eigenvalue weighted by atomic mass is 10.2. The summed E-state index contributed by atoms with van der Waals surface area (Å²) in [6.45, 7) is 0. The van der Waals surface area contributed by atoms with Crippen LogP contribution in [0.4, 0.5) is 19.0 Å². The third kappa shape index (κ3) is 3.18. The molecule has 0 aliphatic rings. The van der Waals surface area contributed by atoms with Crippen LogP contribution in [0.25, 0.3) is 0 Å². The van der Waals surface area contributed by atoms with E-state index in [2.05, 4.69) is 9.72 Å². The second-order valence-corrected chi connectivity index (χ2v) is 3.83. The van der Waals surface area contributed by atoms with Crippen LogP contribution >= 0.6 is 22.6 Å². The maximum Gasteiger partial charge on any atom is 0.573 e. The molecule has 0 aliphatic heterocycles. The number of aromatic nitrogens is 1. The monoisotopic (exact) mass is 378 g/mol. The number of ether oxygens (including phenoxy) is 1. The Labute approximate surface area is 110 Å². The van der Waals surface area contributed by atoms with Gasteiger partial charge in [-0.3, -0.25) is 0 Å². The van der Waals surface area contributed by atoms with E-state index < -0.39 is 38.0 Å². The first kappa shape index (κ1) is 14.4. The zero-order chi connectivity index (χ0) is 14.1. The molecule has 0 aromatic carbocycles. The predicted octanol–water partition coefficient (Wildman–Crippen LogP) is 2.19. The minimum absolute atomic E-state index is 0.434. The highest BCUT2D eigenvalue weighted by molar-refractivity contribution is 14.1. The summed E-state index contributed by atoms with van der Waals surface area (Å²) in [4.78, 5) is 23.3. The van der Waals surface area contributed by atoms with Crippen LogP contribution in [0.2, 0.25) is 0 Å². The first-order chi connectivity index (χ1) is 8.13. The smallest absolute Gasteiger partial charge is 0.477 e. The van der Waals surface area contributed by atoms with Gasteiger partial charge in [0, 0.05) is 0 Å². The summed E-state index contributed by atoms with van der Waals surface area (Å²) < 4.78 is 39.1. The summed E-state index contributed by atoms with van der Waals surface area (Å²) in [5.74, 6) is -3.81. The number of hydrogen-bond donors (Lipinski definition) is 1. The Balaban J connectivity index is 3.45. The van der Waals surface area contributed by atoms with E-state index >= 15 is 0 Å². The molecule has 18 heavy (non-hydrogen) atoms. The van der Waals surface area contributed by atoms with Crippen LogP contribution < -0.4 is 4.74 Å². The molecule has 1 N–H and O–H groups in total. The lowest BCUT2D eigenvalue weighted by molar-refractivity contribution is -0.390. The molecule has 1 aromatic rings. The van der Waals surface area contributed by atoms with Crippen molar-refractivity contribution in [2.75, 3.05) is 0 Å². The highest BCUT2D eigenvalue weighted by Gasteiger charge is 2.37. The molecule has 0 atom stereocenters. The summed E-state index contributed by atoms with van der Waals surface area (Å²) in [5, 5.41) is 19.1. The summed E-state index contributed by atoms with van der Waals surface area (Å²) in [7, 11) is 0. The molecule has 7 nitrogen and oxygen atoms in total. The van der Waals surface area contributed by atoms with Crippen molar-refractivity contribution in [1.29, 1.82) is 0 Å². The molecular weight excluding hydrogens is 376 g/mol. The molecule has 0 radical (unpaired) electrons. The number of alkyl halides is 3. The normalized spacial score (nSPS) is 11.1.